The molecule has 88 valence electrons. The second kappa shape index (κ2) is 4.85. The maximum absolute atomic E-state index is 12.0. The van der Waals surface area contributed by atoms with Crippen molar-refractivity contribution in [2.24, 2.45) is 0 Å². The van der Waals surface area contributed by atoms with E-state index in [4.69, 9.17) is 0 Å². The van der Waals surface area contributed by atoms with Gasteiger partial charge in [-0.25, -0.2) is 12.7 Å². The molecule has 2 rings (SSSR count). The van der Waals surface area contributed by atoms with Crippen LogP contribution in [0.2, 0.25) is 0 Å². The van der Waals surface area contributed by atoms with Crippen LogP contribution in [0.5, 0.6) is 0 Å². The molecule has 1 fully saturated rings. The molecule has 1 aliphatic rings. The number of sulfonamides is 1. The van der Waals surface area contributed by atoms with E-state index in [2.05, 4.69) is 15.9 Å². The van der Waals surface area contributed by atoms with Gasteiger partial charge in [0.25, 0.3) is 0 Å². The predicted molar refractivity (Wildman–Crippen MR) is 67.6 cm³/mol. The fourth-order valence-corrected chi connectivity index (χ4v) is 3.94. The summed E-state index contributed by atoms with van der Waals surface area (Å²) in [4.78, 5) is 0. The first kappa shape index (κ1) is 12.1. The van der Waals surface area contributed by atoms with Gasteiger partial charge in [-0.3, -0.25) is 0 Å². The van der Waals surface area contributed by atoms with Crippen molar-refractivity contribution in [2.45, 2.75) is 18.6 Å². The molecule has 0 bridgehead atoms. The molecule has 0 aromatic heterocycles. The molecule has 0 amide bonds. The Morgan fingerprint density at radius 3 is 2.56 bits per heavy atom. The largest absolute Gasteiger partial charge is 0.218 e. The van der Waals surface area contributed by atoms with E-state index in [0.29, 0.717) is 13.1 Å². The van der Waals surface area contributed by atoms with E-state index in [1.165, 1.54) is 0 Å². The topological polar surface area (TPSA) is 37.4 Å². The second-order valence-corrected chi connectivity index (χ2v) is 6.88. The van der Waals surface area contributed by atoms with Crippen LogP contribution in [0.25, 0.3) is 0 Å². The van der Waals surface area contributed by atoms with Crippen LogP contribution in [0.4, 0.5) is 0 Å². The molecular weight excluding hydrogens is 290 g/mol. The lowest BCUT2D eigenvalue weighted by Crippen LogP contribution is -2.29. The highest BCUT2D eigenvalue weighted by atomic mass is 79.9. The summed E-state index contributed by atoms with van der Waals surface area (Å²) in [7, 11) is -3.12. The van der Waals surface area contributed by atoms with Crippen molar-refractivity contribution in [2.75, 3.05) is 13.1 Å². The third-order valence-electron chi connectivity index (χ3n) is 2.70. The van der Waals surface area contributed by atoms with E-state index in [-0.39, 0.29) is 5.75 Å². The molecule has 1 aromatic carbocycles. The first-order chi connectivity index (χ1) is 7.58. The monoisotopic (exact) mass is 303 g/mol. The summed E-state index contributed by atoms with van der Waals surface area (Å²) in [5, 5.41) is 0. The molecule has 0 saturated carbocycles. The van der Waals surface area contributed by atoms with Crippen LogP contribution in [-0.4, -0.2) is 25.8 Å². The summed E-state index contributed by atoms with van der Waals surface area (Å²) < 4.78 is 26.6. The van der Waals surface area contributed by atoms with Crippen LogP contribution < -0.4 is 0 Å². The smallest absolute Gasteiger partial charge is 0.212 e. The van der Waals surface area contributed by atoms with Crippen LogP contribution in [0.3, 0.4) is 0 Å². The zero-order valence-electron chi connectivity index (χ0n) is 8.89. The van der Waals surface area contributed by atoms with Gasteiger partial charge < -0.3 is 0 Å². The Kier molecular flexibility index (Phi) is 3.66. The Morgan fingerprint density at radius 1 is 1.25 bits per heavy atom. The summed E-state index contributed by atoms with van der Waals surface area (Å²) >= 11 is 3.34. The van der Waals surface area contributed by atoms with Crippen LogP contribution in [0, 0.1) is 0 Å². The summed E-state index contributed by atoms with van der Waals surface area (Å²) in [6, 6.07) is 7.46. The lowest BCUT2D eigenvalue weighted by atomic mass is 10.2. The minimum atomic E-state index is -3.12. The molecule has 1 aliphatic heterocycles. The van der Waals surface area contributed by atoms with Crippen LogP contribution in [0.1, 0.15) is 18.4 Å². The van der Waals surface area contributed by atoms with Gasteiger partial charge in [-0.15, -0.1) is 0 Å². The van der Waals surface area contributed by atoms with E-state index < -0.39 is 10.0 Å². The molecule has 0 N–H and O–H groups in total. The number of hydrogen-bond donors (Lipinski definition) is 0. The van der Waals surface area contributed by atoms with E-state index in [9.17, 15) is 8.42 Å². The van der Waals surface area contributed by atoms with Crippen LogP contribution >= 0.6 is 15.9 Å². The molecule has 0 atom stereocenters. The Bertz CT molecular complexity index is 467. The number of benzene rings is 1. The minimum Gasteiger partial charge on any atom is -0.212 e. The average Bonchev–Trinajstić information content (AvgIpc) is 2.69. The van der Waals surface area contributed by atoms with Crippen molar-refractivity contribution in [1.29, 1.82) is 0 Å². The highest BCUT2D eigenvalue weighted by Gasteiger charge is 2.25. The lowest BCUT2D eigenvalue weighted by Gasteiger charge is -2.15. The molecular formula is C11H14BrNO2S. The van der Waals surface area contributed by atoms with E-state index in [0.717, 1.165) is 22.9 Å². The Labute approximate surface area is 105 Å². The maximum atomic E-state index is 12.0. The van der Waals surface area contributed by atoms with Gasteiger partial charge in [-0.1, -0.05) is 28.1 Å². The summed E-state index contributed by atoms with van der Waals surface area (Å²) in [6.07, 6.45) is 1.97. The number of hydrogen-bond acceptors (Lipinski definition) is 2. The first-order valence-electron chi connectivity index (χ1n) is 5.30. The normalized spacial score (nSPS) is 17.8. The number of rotatable bonds is 3. The van der Waals surface area contributed by atoms with Crippen molar-refractivity contribution in [3.05, 3.63) is 34.3 Å². The van der Waals surface area contributed by atoms with Gasteiger partial charge in [-0.05, 0) is 30.5 Å². The van der Waals surface area contributed by atoms with Gasteiger partial charge in [-0.2, -0.15) is 0 Å². The highest BCUT2D eigenvalue weighted by molar-refractivity contribution is 9.10. The average molecular weight is 304 g/mol. The van der Waals surface area contributed by atoms with E-state index in [1.54, 1.807) is 4.31 Å². The van der Waals surface area contributed by atoms with Gasteiger partial charge in [0.1, 0.15) is 0 Å². The van der Waals surface area contributed by atoms with Crippen molar-refractivity contribution in [3.63, 3.8) is 0 Å². The van der Waals surface area contributed by atoms with Crippen molar-refractivity contribution in [1.82, 2.24) is 4.31 Å². The molecule has 0 aliphatic carbocycles. The molecule has 0 unspecified atom stereocenters. The molecule has 1 heterocycles. The highest BCUT2D eigenvalue weighted by Crippen LogP contribution is 2.19. The fourth-order valence-electron chi connectivity index (χ4n) is 1.89. The van der Waals surface area contributed by atoms with Crippen LogP contribution in [0.15, 0.2) is 28.7 Å². The van der Waals surface area contributed by atoms with Gasteiger partial charge in [0.05, 0.1) is 5.75 Å². The van der Waals surface area contributed by atoms with Gasteiger partial charge >= 0.3 is 0 Å². The SMILES string of the molecule is O=S(=O)(Cc1cccc(Br)c1)N1CCCC1. The molecule has 3 nitrogen and oxygen atoms in total. The fraction of sp³-hybridized carbons (Fsp3) is 0.455. The Balaban J connectivity index is 2.14. The van der Waals surface area contributed by atoms with Gasteiger partial charge in [0.2, 0.25) is 10.0 Å². The Morgan fingerprint density at radius 2 is 1.94 bits per heavy atom. The summed E-state index contributed by atoms with van der Waals surface area (Å²) in [5.74, 6) is 0.104. The molecule has 0 spiro atoms. The van der Waals surface area contributed by atoms with Crippen molar-refractivity contribution in [3.8, 4) is 0 Å². The third kappa shape index (κ3) is 2.84. The maximum Gasteiger partial charge on any atom is 0.218 e. The van der Waals surface area contributed by atoms with Crippen molar-refractivity contribution >= 4 is 26.0 Å². The second-order valence-electron chi connectivity index (χ2n) is 3.99. The van der Waals surface area contributed by atoms with Crippen molar-refractivity contribution < 1.29 is 8.42 Å². The van der Waals surface area contributed by atoms with Crippen LogP contribution in [-0.2, 0) is 15.8 Å². The molecule has 16 heavy (non-hydrogen) atoms. The number of nitrogens with zero attached hydrogens (tertiary/aromatic N) is 1. The minimum absolute atomic E-state index is 0.104. The summed E-state index contributed by atoms with van der Waals surface area (Å²) in [6.45, 7) is 1.35. The van der Waals surface area contributed by atoms with E-state index >= 15 is 0 Å². The standard InChI is InChI=1S/C11H14BrNO2S/c12-11-5-3-4-10(8-11)9-16(14,15)13-6-1-2-7-13/h3-5,8H,1-2,6-7,9H2. The molecule has 1 saturated heterocycles. The predicted octanol–water partition coefficient (Wildman–Crippen LogP) is 2.37. The molecule has 1 aromatic rings. The quantitative estimate of drug-likeness (QED) is 0.860. The summed E-state index contributed by atoms with van der Waals surface area (Å²) in [5.41, 5.74) is 0.835. The first-order valence-corrected chi connectivity index (χ1v) is 7.70. The lowest BCUT2D eigenvalue weighted by molar-refractivity contribution is 0.476. The zero-order valence-corrected chi connectivity index (χ0v) is 11.3. The molecule has 0 radical (unpaired) electrons. The third-order valence-corrected chi connectivity index (χ3v) is 5.04. The zero-order chi connectivity index (χ0) is 11.6. The Hall–Kier alpha value is -0.390. The van der Waals surface area contributed by atoms with E-state index in [1.807, 2.05) is 24.3 Å². The van der Waals surface area contributed by atoms with Gasteiger partial charge in [0.15, 0.2) is 0 Å². The number of halogens is 1. The molecule has 5 heteroatoms. The van der Waals surface area contributed by atoms with Gasteiger partial charge in [0, 0.05) is 17.6 Å².